The molecule has 8 heteroatoms. The standard InChI is InChI=1S/C25H31N3O5/c1-5-13-33-20-11-9-18(10-12-20)26-23(29)15-22-24(30)28(25(31)27(22)16-17(2)3)19-7-6-8-21(14-19)32-4/h6-12,14,17,22H,5,13,15-16H2,1-4H3,(H,26,29)/t22-/m0/s1. The van der Waals surface area contributed by atoms with Crippen LogP contribution in [0.2, 0.25) is 0 Å². The van der Waals surface area contributed by atoms with Crippen LogP contribution in [0.25, 0.3) is 0 Å². The largest absolute Gasteiger partial charge is 0.497 e. The molecular formula is C25H31N3O5. The highest BCUT2D eigenvalue weighted by Gasteiger charge is 2.46. The average molecular weight is 454 g/mol. The van der Waals surface area contributed by atoms with Crippen LogP contribution in [0.5, 0.6) is 11.5 Å². The van der Waals surface area contributed by atoms with Crippen molar-refractivity contribution >= 4 is 29.2 Å². The summed E-state index contributed by atoms with van der Waals surface area (Å²) in [7, 11) is 1.52. The maximum Gasteiger partial charge on any atom is 0.332 e. The fraction of sp³-hybridized carbons (Fsp3) is 0.400. The first-order chi connectivity index (χ1) is 15.8. The van der Waals surface area contributed by atoms with E-state index in [0.29, 0.717) is 30.3 Å². The lowest BCUT2D eigenvalue weighted by molar-refractivity contribution is -0.124. The summed E-state index contributed by atoms with van der Waals surface area (Å²) in [4.78, 5) is 41.8. The van der Waals surface area contributed by atoms with Crippen LogP contribution < -0.4 is 19.7 Å². The van der Waals surface area contributed by atoms with Gasteiger partial charge in [-0.25, -0.2) is 9.69 Å². The van der Waals surface area contributed by atoms with Crippen LogP contribution in [0.3, 0.4) is 0 Å². The predicted octanol–water partition coefficient (Wildman–Crippen LogP) is 4.31. The molecule has 1 saturated heterocycles. The summed E-state index contributed by atoms with van der Waals surface area (Å²) in [5.41, 5.74) is 1.02. The van der Waals surface area contributed by atoms with Crippen molar-refractivity contribution in [3.8, 4) is 11.5 Å². The maximum absolute atomic E-state index is 13.3. The Morgan fingerprint density at radius 1 is 1.09 bits per heavy atom. The number of amides is 4. The zero-order valence-electron chi connectivity index (χ0n) is 19.5. The first-order valence-electron chi connectivity index (χ1n) is 11.1. The second kappa shape index (κ2) is 10.8. The van der Waals surface area contributed by atoms with Crippen molar-refractivity contribution in [1.29, 1.82) is 0 Å². The Morgan fingerprint density at radius 3 is 2.45 bits per heavy atom. The van der Waals surface area contributed by atoms with Gasteiger partial charge in [0.15, 0.2) is 0 Å². The molecule has 176 valence electrons. The zero-order valence-corrected chi connectivity index (χ0v) is 19.5. The van der Waals surface area contributed by atoms with Crippen molar-refractivity contribution in [2.75, 3.05) is 30.5 Å². The fourth-order valence-corrected chi connectivity index (χ4v) is 3.66. The molecule has 1 N–H and O–H groups in total. The topological polar surface area (TPSA) is 88.2 Å². The van der Waals surface area contributed by atoms with E-state index in [1.54, 1.807) is 48.5 Å². The molecule has 0 bridgehead atoms. The first kappa shape index (κ1) is 24.1. The molecule has 2 aromatic rings. The van der Waals surface area contributed by atoms with Gasteiger partial charge < -0.3 is 19.7 Å². The van der Waals surface area contributed by atoms with Gasteiger partial charge in [-0.3, -0.25) is 9.59 Å². The number of imide groups is 1. The summed E-state index contributed by atoms with van der Waals surface area (Å²) >= 11 is 0. The van der Waals surface area contributed by atoms with Crippen LogP contribution in [-0.4, -0.2) is 49.0 Å². The summed E-state index contributed by atoms with van der Waals surface area (Å²) in [6, 6.07) is 12.5. The summed E-state index contributed by atoms with van der Waals surface area (Å²) in [5, 5.41) is 2.81. The molecule has 0 aliphatic carbocycles. The highest BCUT2D eigenvalue weighted by Crippen LogP contribution is 2.30. The lowest BCUT2D eigenvalue weighted by Crippen LogP contribution is -2.40. The zero-order chi connectivity index (χ0) is 24.0. The lowest BCUT2D eigenvalue weighted by atomic mass is 10.1. The quantitative estimate of drug-likeness (QED) is 0.542. The molecule has 1 aliphatic rings. The summed E-state index contributed by atoms with van der Waals surface area (Å²) in [6.07, 6.45) is 0.776. The number of carbonyl (C=O) groups is 3. The molecule has 1 atom stereocenters. The van der Waals surface area contributed by atoms with Crippen LogP contribution in [0.1, 0.15) is 33.6 Å². The van der Waals surface area contributed by atoms with E-state index in [0.717, 1.165) is 17.1 Å². The van der Waals surface area contributed by atoms with Crippen LogP contribution in [-0.2, 0) is 9.59 Å². The second-order valence-corrected chi connectivity index (χ2v) is 8.34. The minimum Gasteiger partial charge on any atom is -0.497 e. The van der Waals surface area contributed by atoms with Crippen molar-refractivity contribution in [1.82, 2.24) is 4.90 Å². The Morgan fingerprint density at radius 2 is 1.82 bits per heavy atom. The number of nitrogens with one attached hydrogen (secondary N) is 1. The number of rotatable bonds is 10. The minimum atomic E-state index is -0.877. The van der Waals surface area contributed by atoms with E-state index in [9.17, 15) is 14.4 Å². The first-order valence-corrected chi connectivity index (χ1v) is 11.1. The third-order valence-corrected chi connectivity index (χ3v) is 5.18. The number of benzene rings is 2. The fourth-order valence-electron chi connectivity index (χ4n) is 3.66. The summed E-state index contributed by atoms with van der Waals surface area (Å²) in [5.74, 6) is 0.629. The molecule has 8 nitrogen and oxygen atoms in total. The predicted molar refractivity (Wildman–Crippen MR) is 127 cm³/mol. The molecule has 4 amide bonds. The second-order valence-electron chi connectivity index (χ2n) is 8.34. The van der Waals surface area contributed by atoms with E-state index in [1.807, 2.05) is 20.8 Å². The van der Waals surface area contributed by atoms with Gasteiger partial charge in [0.05, 0.1) is 25.8 Å². The van der Waals surface area contributed by atoms with Crippen molar-refractivity contribution < 1.29 is 23.9 Å². The number of hydrogen-bond donors (Lipinski definition) is 1. The minimum absolute atomic E-state index is 0.133. The van der Waals surface area contributed by atoms with Crippen LogP contribution >= 0.6 is 0 Å². The number of carbonyl (C=O) groups excluding carboxylic acids is 3. The van der Waals surface area contributed by atoms with Gasteiger partial charge in [0.25, 0.3) is 5.91 Å². The molecule has 0 aromatic heterocycles. The molecule has 1 aliphatic heterocycles. The normalized spacial score (nSPS) is 15.8. The van der Waals surface area contributed by atoms with Gasteiger partial charge in [-0.05, 0) is 48.7 Å². The van der Waals surface area contributed by atoms with E-state index < -0.39 is 18.0 Å². The van der Waals surface area contributed by atoms with Crippen LogP contribution in [0, 0.1) is 5.92 Å². The lowest BCUT2D eigenvalue weighted by Gasteiger charge is -2.23. The molecule has 1 heterocycles. The van der Waals surface area contributed by atoms with Gasteiger partial charge in [0.1, 0.15) is 17.5 Å². The van der Waals surface area contributed by atoms with Gasteiger partial charge in [-0.2, -0.15) is 0 Å². The maximum atomic E-state index is 13.3. The Bertz CT molecular complexity index is 990. The van der Waals surface area contributed by atoms with E-state index in [4.69, 9.17) is 9.47 Å². The number of urea groups is 1. The van der Waals surface area contributed by atoms with E-state index in [1.165, 1.54) is 12.0 Å². The Hall–Kier alpha value is -3.55. The van der Waals surface area contributed by atoms with Crippen molar-refractivity contribution in [3.63, 3.8) is 0 Å². The van der Waals surface area contributed by atoms with Crippen molar-refractivity contribution in [3.05, 3.63) is 48.5 Å². The molecule has 1 fully saturated rings. The summed E-state index contributed by atoms with van der Waals surface area (Å²) < 4.78 is 10.8. The molecule has 2 aromatic carbocycles. The van der Waals surface area contributed by atoms with Gasteiger partial charge in [0.2, 0.25) is 5.91 Å². The smallest absolute Gasteiger partial charge is 0.332 e. The molecule has 0 spiro atoms. The van der Waals surface area contributed by atoms with E-state index in [2.05, 4.69) is 5.32 Å². The number of nitrogens with zero attached hydrogens (tertiary/aromatic N) is 2. The Kier molecular flexibility index (Phi) is 7.92. The molecule has 33 heavy (non-hydrogen) atoms. The Labute approximate surface area is 194 Å². The highest BCUT2D eigenvalue weighted by atomic mass is 16.5. The molecule has 0 radical (unpaired) electrons. The van der Waals surface area contributed by atoms with Gasteiger partial charge in [-0.15, -0.1) is 0 Å². The third-order valence-electron chi connectivity index (χ3n) is 5.18. The monoisotopic (exact) mass is 453 g/mol. The van der Waals surface area contributed by atoms with Crippen molar-refractivity contribution in [2.45, 2.75) is 39.7 Å². The van der Waals surface area contributed by atoms with Crippen LogP contribution in [0.4, 0.5) is 16.2 Å². The third kappa shape index (κ3) is 5.83. The van der Waals surface area contributed by atoms with Gasteiger partial charge in [-0.1, -0.05) is 26.8 Å². The summed E-state index contributed by atoms with van der Waals surface area (Å²) in [6.45, 7) is 6.95. The SMILES string of the molecule is CCCOc1ccc(NC(=O)C[C@H]2C(=O)N(c3cccc(OC)c3)C(=O)N2CC(C)C)cc1. The van der Waals surface area contributed by atoms with Gasteiger partial charge >= 0.3 is 6.03 Å². The molecule has 3 rings (SSSR count). The molecule has 0 unspecified atom stereocenters. The number of anilines is 2. The van der Waals surface area contributed by atoms with E-state index in [-0.39, 0.29) is 18.2 Å². The number of ether oxygens (including phenoxy) is 2. The highest BCUT2D eigenvalue weighted by molar-refractivity contribution is 6.22. The number of methoxy groups -OCH3 is 1. The average Bonchev–Trinajstić information content (AvgIpc) is 3.02. The molecular weight excluding hydrogens is 422 g/mol. The molecule has 0 saturated carbocycles. The van der Waals surface area contributed by atoms with E-state index >= 15 is 0 Å². The van der Waals surface area contributed by atoms with Crippen LogP contribution in [0.15, 0.2) is 48.5 Å². The van der Waals surface area contributed by atoms with Crippen molar-refractivity contribution in [2.24, 2.45) is 5.92 Å². The van der Waals surface area contributed by atoms with Gasteiger partial charge in [0, 0.05) is 18.3 Å². The Balaban J connectivity index is 1.75. The number of hydrogen-bond acceptors (Lipinski definition) is 5.